The number of carbonyl (C=O) groups is 1. The summed E-state index contributed by atoms with van der Waals surface area (Å²) >= 11 is 0. The molecule has 32 heteroatoms. The van der Waals surface area contributed by atoms with E-state index in [4.69, 9.17) is 0 Å². The molecule has 0 fully saturated rings. The number of aromatic carboxylic acids is 1. The van der Waals surface area contributed by atoms with Gasteiger partial charge in [-0.1, -0.05) is 18.2 Å². The minimum Gasteiger partial charge on any atom is -0.545 e. The molecule has 0 heterocycles. The third-order valence-electron chi connectivity index (χ3n) is 10.8. The Morgan fingerprint density at radius 2 is 0.602 bits per heavy atom. The van der Waals surface area contributed by atoms with Crippen molar-refractivity contribution in [2.75, 3.05) is 0 Å². The Labute approximate surface area is 445 Å². The van der Waals surface area contributed by atoms with E-state index in [0.29, 0.717) is 9.79 Å². The second kappa shape index (κ2) is 23.2. The fourth-order valence-electron chi connectivity index (χ4n) is 6.98. The molecule has 0 atom stereocenters. The molecule has 8 aromatic carbocycles. The highest BCUT2D eigenvalue weighted by atomic mass is 32.2. The van der Waals surface area contributed by atoms with Gasteiger partial charge in [0.2, 0.25) is 116 Å². The van der Waals surface area contributed by atoms with Crippen LogP contribution in [0.5, 0.6) is 34.5 Å². The molecule has 0 saturated carbocycles. The van der Waals surface area contributed by atoms with Gasteiger partial charge in [0.05, 0.1) is 33.6 Å². The summed E-state index contributed by atoms with van der Waals surface area (Å²) in [5.41, 5.74) is -9.24. The molecule has 83 heavy (non-hydrogen) atoms. The minimum absolute atomic E-state index is 0.592. The molecule has 8 rings (SSSR count). The van der Waals surface area contributed by atoms with Gasteiger partial charge in [-0.3, -0.25) is 0 Å². The lowest BCUT2D eigenvalue weighted by molar-refractivity contribution is -0.255. The van der Waals surface area contributed by atoms with Gasteiger partial charge in [-0.25, -0.2) is 61.5 Å². The summed E-state index contributed by atoms with van der Waals surface area (Å²) in [6.07, 6.45) is -8.89. The van der Waals surface area contributed by atoms with Crippen molar-refractivity contribution in [1.82, 2.24) is 0 Å². The van der Waals surface area contributed by atoms with E-state index < -0.39 is 214 Å². The fraction of sp³-hybridized carbons (Fsp3) is 0.0392. The number of halogens is 26. The van der Waals surface area contributed by atoms with Crippen LogP contribution in [0, 0.1) is 116 Å². The van der Waals surface area contributed by atoms with Gasteiger partial charge >= 0.3 is 12.4 Å². The SMILES string of the molecule is FC(F)(F)c1ccc([S+](c2ccccc2)c2ccc(C(F)(F)F)cc2)cc1.O=C([O-])c1cc(Oc2c(F)c(F)c(F)c(F)c2F)c(Oc2c(F)c(F)c(F)c(F)c2F)c(Oc2c(F)c(F)c(F)c(F)c2F)c1-c1c(F)c(F)c(F)c(F)c1F. The molecule has 436 valence electrons. The number of carboxylic acid groups (broad SMARTS) is 1. The van der Waals surface area contributed by atoms with Crippen LogP contribution in [0.15, 0.2) is 99.6 Å². The van der Waals surface area contributed by atoms with Crippen LogP contribution in [0.2, 0.25) is 0 Å². The first-order chi connectivity index (χ1) is 38.6. The molecular weight excluding hydrogens is 1220 g/mol. The molecule has 0 saturated heterocycles. The quantitative estimate of drug-likeness (QED) is 0.0559. The summed E-state index contributed by atoms with van der Waals surface area (Å²) in [6, 6.07) is 17.7. The van der Waals surface area contributed by atoms with Crippen molar-refractivity contribution < 1.29 is 138 Å². The summed E-state index contributed by atoms with van der Waals surface area (Å²) < 4.78 is 378. The zero-order valence-corrected chi connectivity index (χ0v) is 39.7. The molecule has 5 nitrogen and oxygen atoms in total. The molecule has 0 unspecified atom stereocenters. The number of hydrogen-bond donors (Lipinski definition) is 0. The van der Waals surface area contributed by atoms with Crippen molar-refractivity contribution in [2.24, 2.45) is 0 Å². The standard InChI is InChI=1S/C31H2F20O5.C20H13F6S/c32-6-5(7(33)9(35)10(36)8(6)34)4-2(31(52)53)1-3(54-28-20(46)14(40)11(37)15(41)21(28)47)26(55-29-22(48)16(42)12(38)17(43)23(29)49)27(4)56-30-24(50)18(44)13(39)19(45)25(30)51;21-19(22,23)14-6-10-17(11-7-14)27(16-4-2-1-3-5-16)18-12-8-15(9-13-18)20(24,25)26/h1H,(H,52,53);1-13H/q;+1/p-1. The Morgan fingerprint density at radius 3 is 0.916 bits per heavy atom. The van der Waals surface area contributed by atoms with Gasteiger partial charge in [-0.05, 0) is 66.7 Å². The highest BCUT2D eigenvalue weighted by molar-refractivity contribution is 7.97. The highest BCUT2D eigenvalue weighted by Gasteiger charge is 2.40. The number of alkyl halides is 6. The zero-order valence-electron chi connectivity index (χ0n) is 38.9. The van der Waals surface area contributed by atoms with E-state index in [1.807, 2.05) is 0 Å². The molecule has 0 aliphatic carbocycles. The van der Waals surface area contributed by atoms with E-state index >= 15 is 8.78 Å². The van der Waals surface area contributed by atoms with Crippen molar-refractivity contribution in [2.45, 2.75) is 27.0 Å². The van der Waals surface area contributed by atoms with Gasteiger partial charge in [0.15, 0.2) is 49.5 Å². The number of benzene rings is 8. The molecule has 0 aromatic heterocycles. The van der Waals surface area contributed by atoms with Gasteiger partial charge in [0, 0.05) is 11.1 Å². The maximum absolute atomic E-state index is 15.2. The fourth-order valence-corrected chi connectivity index (χ4v) is 9.04. The summed E-state index contributed by atoms with van der Waals surface area (Å²) in [5, 5.41) is 12.3. The molecule has 0 spiro atoms. The number of hydrogen-bond acceptors (Lipinski definition) is 5. The average molecular weight is 1230 g/mol. The van der Waals surface area contributed by atoms with Crippen LogP contribution in [0.4, 0.5) is 114 Å². The van der Waals surface area contributed by atoms with Crippen LogP contribution in [-0.4, -0.2) is 5.97 Å². The monoisotopic (exact) mass is 1230 g/mol. The van der Waals surface area contributed by atoms with E-state index in [1.54, 1.807) is 30.3 Å². The molecule has 0 aliphatic heterocycles. The van der Waals surface area contributed by atoms with E-state index in [2.05, 4.69) is 14.2 Å². The van der Waals surface area contributed by atoms with Crippen LogP contribution in [-0.2, 0) is 23.2 Å². The number of carboxylic acids is 1. The second-order valence-corrected chi connectivity index (χ2v) is 17.9. The predicted octanol–water partition coefficient (Wildman–Crippen LogP) is 16.7. The largest absolute Gasteiger partial charge is 0.545 e. The van der Waals surface area contributed by atoms with E-state index in [1.165, 1.54) is 24.3 Å². The Hall–Kier alpha value is -8.84. The third-order valence-corrected chi connectivity index (χ3v) is 13.1. The van der Waals surface area contributed by atoms with Gasteiger partial charge in [-0.2, -0.15) is 52.7 Å². The summed E-state index contributed by atoms with van der Waals surface area (Å²) in [5.74, 6) is -81.2. The Morgan fingerprint density at radius 1 is 0.325 bits per heavy atom. The highest BCUT2D eigenvalue weighted by Crippen LogP contribution is 2.55. The Balaban J connectivity index is 0.000000305. The van der Waals surface area contributed by atoms with Crippen LogP contribution in [0.3, 0.4) is 0 Å². The molecule has 0 radical (unpaired) electrons. The van der Waals surface area contributed by atoms with E-state index in [9.17, 15) is 115 Å². The lowest BCUT2D eigenvalue weighted by Crippen LogP contribution is -2.24. The average Bonchev–Trinajstić information content (AvgIpc) is 3.63. The van der Waals surface area contributed by atoms with E-state index in [-0.39, 0.29) is 0 Å². The van der Waals surface area contributed by atoms with Crippen LogP contribution < -0.4 is 19.3 Å². The first-order valence-corrected chi connectivity index (χ1v) is 22.5. The molecule has 0 aliphatic rings. The lowest BCUT2D eigenvalue weighted by Gasteiger charge is -2.24. The Kier molecular flexibility index (Phi) is 17.3. The summed E-state index contributed by atoms with van der Waals surface area (Å²) in [6.45, 7) is 0. The van der Waals surface area contributed by atoms with Gasteiger partial charge in [0.25, 0.3) is 0 Å². The van der Waals surface area contributed by atoms with Crippen molar-refractivity contribution in [3.63, 3.8) is 0 Å². The molecular formula is C51H14F26O5S. The van der Waals surface area contributed by atoms with Crippen molar-refractivity contribution >= 4 is 16.9 Å². The minimum atomic E-state index is -4.45. The maximum atomic E-state index is 15.2. The molecule has 0 amide bonds. The molecule has 0 N–H and O–H groups in total. The number of rotatable bonds is 11. The maximum Gasteiger partial charge on any atom is 0.416 e. The molecule has 8 aromatic rings. The van der Waals surface area contributed by atoms with E-state index in [0.717, 1.165) is 29.2 Å². The summed E-state index contributed by atoms with van der Waals surface area (Å²) in [4.78, 5) is 14.3. The van der Waals surface area contributed by atoms with Crippen molar-refractivity contribution in [3.05, 3.63) is 218 Å². The van der Waals surface area contributed by atoms with Gasteiger partial charge in [-0.15, -0.1) is 0 Å². The topological polar surface area (TPSA) is 67.8 Å². The van der Waals surface area contributed by atoms with Crippen molar-refractivity contribution in [1.29, 1.82) is 0 Å². The van der Waals surface area contributed by atoms with Gasteiger partial charge in [0.1, 0.15) is 0 Å². The summed E-state index contributed by atoms with van der Waals surface area (Å²) in [7, 11) is -0.819. The lowest BCUT2D eigenvalue weighted by atomic mass is 9.95. The number of ether oxygens (including phenoxy) is 3. The third kappa shape index (κ3) is 11.5. The van der Waals surface area contributed by atoms with Crippen molar-refractivity contribution in [3.8, 4) is 45.6 Å². The number of carbonyl (C=O) groups excluding carboxylic acids is 1. The normalized spacial score (nSPS) is 11.7. The molecule has 0 bridgehead atoms. The first kappa shape index (κ1) is 61.8. The first-order valence-electron chi connectivity index (χ1n) is 21.3. The van der Waals surface area contributed by atoms with Crippen LogP contribution >= 0.6 is 0 Å². The predicted molar refractivity (Wildman–Crippen MR) is 226 cm³/mol. The van der Waals surface area contributed by atoms with Crippen LogP contribution in [0.25, 0.3) is 11.1 Å². The zero-order chi connectivity index (χ0) is 61.8. The Bertz CT molecular complexity index is 3720. The smallest absolute Gasteiger partial charge is 0.416 e. The van der Waals surface area contributed by atoms with Crippen LogP contribution in [0.1, 0.15) is 21.5 Å². The second-order valence-electron chi connectivity index (χ2n) is 15.9. The van der Waals surface area contributed by atoms with Gasteiger partial charge < -0.3 is 24.1 Å².